The molecule has 0 fully saturated rings. The average molecular weight is 223 g/mol. The number of fused-ring (bicyclic) bond motifs is 1. The number of rotatable bonds is 2. The molecule has 0 N–H and O–H groups in total. The molecule has 0 unspecified atom stereocenters. The van der Waals surface area contributed by atoms with E-state index >= 15 is 0 Å². The molecule has 0 saturated carbocycles. The highest BCUT2D eigenvalue weighted by atomic mass is 35.5. The Balaban J connectivity index is 2.78. The molecule has 2 heterocycles. The number of halogens is 1. The molecule has 0 aliphatic rings. The van der Waals surface area contributed by atoms with Gasteiger partial charge in [0.15, 0.2) is 0 Å². The summed E-state index contributed by atoms with van der Waals surface area (Å²) in [6.45, 7) is 2.01. The van der Waals surface area contributed by atoms with Crippen LogP contribution in [0.4, 0.5) is 0 Å². The molecule has 3 nitrogen and oxygen atoms in total. The molecule has 2 aromatic heterocycles. The van der Waals surface area contributed by atoms with Gasteiger partial charge in [0, 0.05) is 6.20 Å². The van der Waals surface area contributed by atoms with Crippen molar-refractivity contribution in [3.8, 4) is 0 Å². The zero-order chi connectivity index (χ0) is 10.8. The lowest BCUT2D eigenvalue weighted by molar-refractivity contribution is 0.875. The second-order valence-corrected chi connectivity index (χ2v) is 3.72. The largest absolute Gasteiger partial charge is 0.269 e. The van der Waals surface area contributed by atoms with Crippen LogP contribution in [0.1, 0.15) is 18.9 Å². The molecule has 4 heteroatoms. The van der Waals surface area contributed by atoms with Crippen LogP contribution in [-0.2, 0) is 6.42 Å². The molecule has 0 aliphatic heterocycles. The molecule has 15 heavy (non-hydrogen) atoms. The van der Waals surface area contributed by atoms with Crippen molar-refractivity contribution in [1.82, 2.24) is 9.38 Å². The summed E-state index contributed by atoms with van der Waals surface area (Å²) >= 11 is 5.96. The Bertz CT molecular complexity index is 548. The van der Waals surface area contributed by atoms with Gasteiger partial charge in [-0.2, -0.15) is 0 Å². The summed E-state index contributed by atoms with van der Waals surface area (Å²) in [6.07, 6.45) is 3.26. The van der Waals surface area contributed by atoms with Crippen molar-refractivity contribution in [1.29, 1.82) is 0 Å². The Morgan fingerprint density at radius 3 is 3.00 bits per heavy atom. The van der Waals surface area contributed by atoms with Crippen LogP contribution in [0.5, 0.6) is 0 Å². The van der Waals surface area contributed by atoms with E-state index in [1.807, 2.05) is 13.0 Å². The lowest BCUT2D eigenvalue weighted by atomic mass is 10.2. The van der Waals surface area contributed by atoms with Crippen LogP contribution in [0.3, 0.4) is 0 Å². The summed E-state index contributed by atoms with van der Waals surface area (Å²) in [5.41, 5.74) is 1.13. The van der Waals surface area contributed by atoms with E-state index in [-0.39, 0.29) is 5.56 Å². The molecule has 0 aliphatic carbocycles. The maximum atomic E-state index is 12.0. The standard InChI is InChI=1S/C11H11ClN2O/c1-2-5-8-10(12)13-9-6-3-4-7-14(9)11(8)15/h3-4,6-7H,2,5H2,1H3. The minimum Gasteiger partial charge on any atom is -0.269 e. The normalized spacial score (nSPS) is 10.8. The monoisotopic (exact) mass is 222 g/mol. The van der Waals surface area contributed by atoms with E-state index in [9.17, 15) is 4.79 Å². The van der Waals surface area contributed by atoms with Crippen molar-refractivity contribution in [3.63, 3.8) is 0 Å². The van der Waals surface area contributed by atoms with Gasteiger partial charge in [0.25, 0.3) is 5.56 Å². The summed E-state index contributed by atoms with van der Waals surface area (Å²) in [6, 6.07) is 5.40. The minimum absolute atomic E-state index is 0.0625. The van der Waals surface area contributed by atoms with Gasteiger partial charge < -0.3 is 0 Å². The molecule has 78 valence electrons. The zero-order valence-electron chi connectivity index (χ0n) is 8.40. The molecule has 2 rings (SSSR count). The molecule has 0 aromatic carbocycles. The lowest BCUT2D eigenvalue weighted by Gasteiger charge is -2.04. The second kappa shape index (κ2) is 4.03. The third kappa shape index (κ3) is 1.75. The van der Waals surface area contributed by atoms with E-state index in [4.69, 9.17) is 11.6 Å². The van der Waals surface area contributed by atoms with Gasteiger partial charge in [0.1, 0.15) is 10.8 Å². The van der Waals surface area contributed by atoms with Crippen LogP contribution in [0.15, 0.2) is 29.2 Å². The van der Waals surface area contributed by atoms with Crippen LogP contribution in [0.25, 0.3) is 5.65 Å². The zero-order valence-corrected chi connectivity index (χ0v) is 9.16. The fourth-order valence-electron chi connectivity index (χ4n) is 1.56. The van der Waals surface area contributed by atoms with Gasteiger partial charge in [-0.1, -0.05) is 31.0 Å². The number of hydrogen-bond donors (Lipinski definition) is 0. The summed E-state index contributed by atoms with van der Waals surface area (Å²) in [7, 11) is 0. The highest BCUT2D eigenvalue weighted by molar-refractivity contribution is 6.30. The molecule has 0 saturated heterocycles. The molecule has 0 amide bonds. The van der Waals surface area contributed by atoms with Gasteiger partial charge in [-0.25, -0.2) is 4.98 Å². The van der Waals surface area contributed by atoms with Gasteiger partial charge in [-0.05, 0) is 18.6 Å². The first-order chi connectivity index (χ1) is 7.24. The van der Waals surface area contributed by atoms with E-state index in [2.05, 4.69) is 4.98 Å². The van der Waals surface area contributed by atoms with Gasteiger partial charge >= 0.3 is 0 Å². The van der Waals surface area contributed by atoms with Crippen LogP contribution < -0.4 is 5.56 Å². The average Bonchev–Trinajstić information content (AvgIpc) is 2.24. The highest BCUT2D eigenvalue weighted by Crippen LogP contribution is 2.11. The van der Waals surface area contributed by atoms with Crippen LogP contribution >= 0.6 is 11.6 Å². The van der Waals surface area contributed by atoms with Crippen molar-refractivity contribution in [2.45, 2.75) is 19.8 Å². The lowest BCUT2D eigenvalue weighted by Crippen LogP contribution is -2.19. The first-order valence-corrected chi connectivity index (χ1v) is 5.27. The van der Waals surface area contributed by atoms with Crippen molar-refractivity contribution in [2.24, 2.45) is 0 Å². The van der Waals surface area contributed by atoms with Gasteiger partial charge in [0.05, 0.1) is 5.56 Å². The predicted molar refractivity (Wildman–Crippen MR) is 60.5 cm³/mol. The summed E-state index contributed by atoms with van der Waals surface area (Å²) in [5, 5.41) is 0.327. The summed E-state index contributed by atoms with van der Waals surface area (Å²) < 4.78 is 1.52. The Morgan fingerprint density at radius 2 is 2.27 bits per heavy atom. The Kier molecular flexibility index (Phi) is 2.73. The fourth-order valence-corrected chi connectivity index (χ4v) is 1.82. The number of aromatic nitrogens is 2. The smallest absolute Gasteiger partial charge is 0.262 e. The quantitative estimate of drug-likeness (QED) is 0.731. The molecular formula is C11H11ClN2O. The van der Waals surface area contributed by atoms with Gasteiger partial charge in [-0.15, -0.1) is 0 Å². The third-order valence-corrected chi connectivity index (χ3v) is 2.59. The van der Waals surface area contributed by atoms with E-state index in [1.54, 1.807) is 18.3 Å². The van der Waals surface area contributed by atoms with Crippen molar-refractivity contribution >= 4 is 17.2 Å². The van der Waals surface area contributed by atoms with E-state index < -0.39 is 0 Å². The van der Waals surface area contributed by atoms with Crippen molar-refractivity contribution in [3.05, 3.63) is 45.5 Å². The number of hydrogen-bond acceptors (Lipinski definition) is 2. The minimum atomic E-state index is -0.0625. The van der Waals surface area contributed by atoms with E-state index in [0.717, 1.165) is 6.42 Å². The molecule has 0 atom stereocenters. The molecule has 0 radical (unpaired) electrons. The maximum Gasteiger partial charge on any atom is 0.262 e. The predicted octanol–water partition coefficient (Wildman–Crippen LogP) is 2.30. The molecule has 0 spiro atoms. The second-order valence-electron chi connectivity index (χ2n) is 3.37. The Labute approximate surface area is 92.3 Å². The number of pyridine rings is 1. The van der Waals surface area contributed by atoms with E-state index in [0.29, 0.717) is 22.8 Å². The fraction of sp³-hybridized carbons (Fsp3) is 0.273. The topological polar surface area (TPSA) is 34.4 Å². The summed E-state index contributed by atoms with van der Waals surface area (Å²) in [4.78, 5) is 16.2. The van der Waals surface area contributed by atoms with Crippen LogP contribution in [0.2, 0.25) is 5.15 Å². The molecule has 0 bridgehead atoms. The molecular weight excluding hydrogens is 212 g/mol. The van der Waals surface area contributed by atoms with Crippen molar-refractivity contribution < 1.29 is 0 Å². The van der Waals surface area contributed by atoms with Crippen LogP contribution in [-0.4, -0.2) is 9.38 Å². The van der Waals surface area contributed by atoms with Crippen LogP contribution in [0, 0.1) is 0 Å². The third-order valence-electron chi connectivity index (χ3n) is 2.28. The first kappa shape index (κ1) is 10.2. The van der Waals surface area contributed by atoms with Crippen molar-refractivity contribution in [2.75, 3.05) is 0 Å². The maximum absolute atomic E-state index is 12.0. The SMILES string of the molecule is CCCc1c(Cl)nc2ccccn2c1=O. The first-order valence-electron chi connectivity index (χ1n) is 4.90. The summed E-state index contributed by atoms with van der Waals surface area (Å²) in [5.74, 6) is 0. The Hall–Kier alpha value is -1.35. The van der Waals surface area contributed by atoms with Gasteiger partial charge in [0.2, 0.25) is 0 Å². The van der Waals surface area contributed by atoms with E-state index in [1.165, 1.54) is 4.40 Å². The molecule has 2 aromatic rings. The highest BCUT2D eigenvalue weighted by Gasteiger charge is 2.09. The number of nitrogens with zero attached hydrogens (tertiary/aromatic N) is 2. The Morgan fingerprint density at radius 1 is 1.47 bits per heavy atom. The van der Waals surface area contributed by atoms with Gasteiger partial charge in [-0.3, -0.25) is 9.20 Å².